The molecule has 2 aliphatic rings. The lowest BCUT2D eigenvalue weighted by Crippen LogP contribution is -2.37. The van der Waals surface area contributed by atoms with Crippen molar-refractivity contribution in [2.45, 2.75) is 64.0 Å². The third kappa shape index (κ3) is 6.08. The zero-order valence-electron chi connectivity index (χ0n) is 21.7. The van der Waals surface area contributed by atoms with Gasteiger partial charge >= 0.3 is 0 Å². The molecule has 2 aromatic carbocycles. The summed E-state index contributed by atoms with van der Waals surface area (Å²) in [7, 11) is 0. The van der Waals surface area contributed by atoms with E-state index in [4.69, 9.17) is 11.6 Å². The van der Waals surface area contributed by atoms with Gasteiger partial charge in [0, 0.05) is 41.1 Å². The summed E-state index contributed by atoms with van der Waals surface area (Å²) in [5.74, 6) is 0.159. The van der Waals surface area contributed by atoms with Crippen LogP contribution in [0.15, 0.2) is 48.5 Å². The Morgan fingerprint density at radius 2 is 1.67 bits per heavy atom. The zero-order chi connectivity index (χ0) is 26.8. The number of anilines is 2. The highest BCUT2D eigenvalue weighted by Gasteiger charge is 2.28. The van der Waals surface area contributed by atoms with Crippen molar-refractivity contribution in [3.63, 3.8) is 0 Å². The van der Waals surface area contributed by atoms with Crippen LogP contribution in [0.1, 0.15) is 56.9 Å². The van der Waals surface area contributed by atoms with Crippen molar-refractivity contribution in [1.82, 2.24) is 15.3 Å². The van der Waals surface area contributed by atoms with Gasteiger partial charge in [-0.1, -0.05) is 60.4 Å². The largest absolute Gasteiger partial charge is 0.326 e. The third-order valence-corrected chi connectivity index (χ3v) is 9.25. The van der Waals surface area contributed by atoms with E-state index in [1.807, 2.05) is 42.5 Å². The van der Waals surface area contributed by atoms with Crippen LogP contribution in [0.3, 0.4) is 0 Å². The van der Waals surface area contributed by atoms with Crippen LogP contribution in [0.2, 0.25) is 5.15 Å². The second-order valence-corrected chi connectivity index (χ2v) is 12.1. The second kappa shape index (κ2) is 11.6. The maximum absolute atomic E-state index is 13.2. The van der Waals surface area contributed by atoms with Crippen LogP contribution >= 0.6 is 22.9 Å². The first-order valence-corrected chi connectivity index (χ1v) is 15.0. The summed E-state index contributed by atoms with van der Waals surface area (Å²) < 4.78 is 0.943. The number of fused-ring (bicyclic) bond motifs is 2. The van der Waals surface area contributed by atoms with Gasteiger partial charge in [0.25, 0.3) is 0 Å². The van der Waals surface area contributed by atoms with Crippen LogP contribution in [0, 0.1) is 11.8 Å². The molecule has 202 valence electrons. The van der Waals surface area contributed by atoms with Gasteiger partial charge in [0.1, 0.15) is 5.15 Å². The van der Waals surface area contributed by atoms with Crippen LogP contribution in [0.5, 0.6) is 0 Å². The predicted octanol–water partition coefficient (Wildman–Crippen LogP) is 6.91. The Balaban J connectivity index is 1.05. The molecular weight excluding hydrogens is 530 g/mol. The van der Waals surface area contributed by atoms with Crippen LogP contribution in [-0.4, -0.2) is 27.8 Å². The topological polar surface area (TPSA) is 96.0 Å². The van der Waals surface area contributed by atoms with Crippen molar-refractivity contribution in [2.24, 2.45) is 11.8 Å². The van der Waals surface area contributed by atoms with Crippen molar-refractivity contribution in [1.29, 1.82) is 0 Å². The number of hydrogen-bond acceptors (Lipinski definition) is 6. The fourth-order valence-corrected chi connectivity index (χ4v) is 6.94. The molecule has 39 heavy (non-hydrogen) atoms. The maximum atomic E-state index is 13.2. The van der Waals surface area contributed by atoms with Crippen molar-refractivity contribution in [2.75, 3.05) is 10.6 Å². The van der Waals surface area contributed by atoms with E-state index in [0.29, 0.717) is 16.8 Å². The second-order valence-electron chi connectivity index (χ2n) is 10.7. The summed E-state index contributed by atoms with van der Waals surface area (Å²) in [6.45, 7) is 0.622. The first-order valence-electron chi connectivity index (χ1n) is 13.8. The minimum Gasteiger partial charge on any atom is -0.326 e. The number of carbonyl (C=O) groups is 2. The van der Waals surface area contributed by atoms with Gasteiger partial charge in [0.05, 0.1) is 15.7 Å². The molecule has 2 heterocycles. The number of aromatic nitrogens is 2. The van der Waals surface area contributed by atoms with E-state index < -0.39 is 0 Å². The summed E-state index contributed by atoms with van der Waals surface area (Å²) in [6.07, 6.45) is 7.84. The average molecular weight is 562 g/mol. The summed E-state index contributed by atoms with van der Waals surface area (Å²) in [4.78, 5) is 34.8. The number of rotatable bonds is 7. The molecular formula is C30H32ClN5O2S. The Hall–Kier alpha value is -3.07. The molecule has 2 aromatic heterocycles. The smallest absolute Gasteiger partial charge is 0.229 e. The average Bonchev–Trinajstić information content (AvgIpc) is 3.62. The quantitative estimate of drug-likeness (QED) is 0.213. The molecule has 2 amide bonds. The lowest BCUT2D eigenvalue weighted by atomic mass is 9.85. The first-order chi connectivity index (χ1) is 19.0. The minimum atomic E-state index is -0.0557. The molecule has 2 saturated carbocycles. The highest BCUT2D eigenvalue weighted by Crippen LogP contribution is 2.32. The lowest BCUT2D eigenvalue weighted by molar-refractivity contribution is -0.121. The van der Waals surface area contributed by atoms with Crippen molar-refractivity contribution < 1.29 is 9.59 Å². The van der Waals surface area contributed by atoms with Crippen LogP contribution in [0.4, 0.5) is 10.8 Å². The Kier molecular flexibility index (Phi) is 7.77. The van der Waals surface area contributed by atoms with Crippen LogP contribution in [-0.2, 0) is 16.1 Å². The van der Waals surface area contributed by atoms with E-state index in [1.54, 1.807) is 0 Å². The number of amides is 2. The summed E-state index contributed by atoms with van der Waals surface area (Å²) in [5, 5.41) is 11.9. The van der Waals surface area contributed by atoms with E-state index >= 15 is 0 Å². The molecule has 6 rings (SSSR count). The Labute approximate surface area is 236 Å². The number of nitrogens with one attached hydrogen (secondary N) is 3. The number of halogens is 1. The van der Waals surface area contributed by atoms with Gasteiger partial charge in [-0.15, -0.1) is 0 Å². The molecule has 9 heteroatoms. The highest BCUT2D eigenvalue weighted by molar-refractivity contribution is 7.22. The van der Waals surface area contributed by atoms with Gasteiger partial charge in [-0.05, 0) is 62.4 Å². The SMILES string of the molecule is O=C(Nc1nc2ccc(NC(=O)[C@@H]3CCC[C@H](NCc4cc5ccccc5nc4Cl)C3)cc2s1)C1CCCC1. The van der Waals surface area contributed by atoms with Gasteiger partial charge in [-0.2, -0.15) is 0 Å². The third-order valence-electron chi connectivity index (χ3n) is 7.99. The van der Waals surface area contributed by atoms with Crippen LogP contribution in [0.25, 0.3) is 21.1 Å². The van der Waals surface area contributed by atoms with Crippen molar-refractivity contribution >= 4 is 66.7 Å². The minimum absolute atomic E-state index is 0.0468. The fraction of sp³-hybridized carbons (Fsp3) is 0.400. The standard InChI is InChI=1S/C30H32ClN5O2S/c31-27-21(14-19-8-3-4-11-24(19)34-27)17-32-22-10-5-9-20(15-22)29(38)33-23-12-13-25-26(16-23)39-30(35-25)36-28(37)18-6-1-2-7-18/h3-4,8,11-14,16,18,20,22,32H,1-2,5-7,9-10,15,17H2,(H,33,38)(H,35,36,37)/t20-,22+/m1/s1. The van der Waals surface area contributed by atoms with Gasteiger partial charge in [0.2, 0.25) is 11.8 Å². The molecule has 0 spiro atoms. The van der Waals surface area contributed by atoms with Crippen molar-refractivity contribution in [3.8, 4) is 0 Å². The lowest BCUT2D eigenvalue weighted by Gasteiger charge is -2.29. The fourth-order valence-electron chi connectivity index (χ4n) is 5.82. The number of pyridine rings is 1. The van der Waals surface area contributed by atoms with E-state index in [2.05, 4.69) is 32.0 Å². The van der Waals surface area contributed by atoms with E-state index in [9.17, 15) is 9.59 Å². The van der Waals surface area contributed by atoms with Crippen LogP contribution < -0.4 is 16.0 Å². The summed E-state index contributed by atoms with van der Waals surface area (Å²) in [5.41, 5.74) is 3.44. The molecule has 2 aliphatic carbocycles. The molecule has 3 N–H and O–H groups in total. The van der Waals surface area contributed by atoms with Crippen molar-refractivity contribution in [3.05, 3.63) is 59.2 Å². The summed E-state index contributed by atoms with van der Waals surface area (Å²) in [6, 6.07) is 16.0. The number of hydrogen-bond donors (Lipinski definition) is 3. The predicted molar refractivity (Wildman–Crippen MR) is 158 cm³/mol. The molecule has 4 aromatic rings. The molecule has 0 saturated heterocycles. The molecule has 0 aliphatic heterocycles. The normalized spacial score (nSPS) is 19.9. The van der Waals surface area contributed by atoms with Gasteiger partial charge in [0.15, 0.2) is 5.13 Å². The monoisotopic (exact) mass is 561 g/mol. The highest BCUT2D eigenvalue weighted by atomic mass is 35.5. The number of nitrogens with zero attached hydrogens (tertiary/aromatic N) is 2. The van der Waals surface area contributed by atoms with Gasteiger partial charge in [-0.25, -0.2) is 9.97 Å². The molecule has 7 nitrogen and oxygen atoms in total. The van der Waals surface area contributed by atoms with E-state index in [-0.39, 0.29) is 29.7 Å². The number of thiazole rings is 1. The molecule has 0 radical (unpaired) electrons. The summed E-state index contributed by atoms with van der Waals surface area (Å²) >= 11 is 7.90. The number of para-hydroxylation sites is 1. The Bertz CT molecular complexity index is 1520. The van der Waals surface area contributed by atoms with Gasteiger partial charge < -0.3 is 16.0 Å². The molecule has 0 unspecified atom stereocenters. The Morgan fingerprint density at radius 3 is 2.54 bits per heavy atom. The zero-order valence-corrected chi connectivity index (χ0v) is 23.3. The van der Waals surface area contributed by atoms with E-state index in [0.717, 1.165) is 83.7 Å². The number of benzene rings is 2. The molecule has 2 fully saturated rings. The van der Waals surface area contributed by atoms with E-state index in [1.165, 1.54) is 11.3 Å². The maximum Gasteiger partial charge on any atom is 0.229 e. The molecule has 0 bridgehead atoms. The number of carbonyl (C=O) groups excluding carboxylic acids is 2. The van der Waals surface area contributed by atoms with Gasteiger partial charge in [-0.3, -0.25) is 9.59 Å². The first kappa shape index (κ1) is 26.2. The molecule has 2 atom stereocenters. The Morgan fingerprint density at radius 1 is 0.872 bits per heavy atom.